The second-order valence-corrected chi connectivity index (χ2v) is 7.27. The van der Waals surface area contributed by atoms with Crippen LogP contribution in [-0.4, -0.2) is 49.4 Å². The Kier molecular flexibility index (Phi) is 6.51. The van der Waals surface area contributed by atoms with Crippen LogP contribution in [0.25, 0.3) is 0 Å². The normalized spacial score (nSPS) is 14.9. The summed E-state index contributed by atoms with van der Waals surface area (Å²) in [5.74, 6) is -0.489. The summed E-state index contributed by atoms with van der Waals surface area (Å²) in [6, 6.07) is 11.0. The molecule has 0 aromatic heterocycles. The molecule has 6 nitrogen and oxygen atoms in total. The summed E-state index contributed by atoms with van der Waals surface area (Å²) in [7, 11) is 1.23. The summed E-state index contributed by atoms with van der Waals surface area (Å²) in [6.45, 7) is 1.24. The Balaban J connectivity index is 1.80. The van der Waals surface area contributed by atoms with E-state index in [9.17, 15) is 23.2 Å². The lowest BCUT2D eigenvalue weighted by Gasteiger charge is -2.39. The average molecular weight is 455 g/mol. The SMILES string of the molecule is COc1c(C#N)ccc(OC(C)C(F)(F)F)c1C(=O)N1CC(Oc2ccc(Cl)cc2)C1. The standard InChI is InChI=1S/C21H18ClF3N2O4/c1-12(21(23,24)25)30-17-8-3-13(9-26)19(29-2)18(17)20(28)27-10-16(11-27)31-15-6-4-14(22)5-7-15/h3-8,12,16H,10-11H2,1-2H3. The summed E-state index contributed by atoms with van der Waals surface area (Å²) in [6.07, 6.45) is -7.08. The molecule has 0 spiro atoms. The van der Waals surface area contributed by atoms with E-state index in [1.54, 1.807) is 24.3 Å². The van der Waals surface area contributed by atoms with Gasteiger partial charge in [0.1, 0.15) is 29.2 Å². The van der Waals surface area contributed by atoms with Crippen LogP contribution in [0, 0.1) is 11.3 Å². The van der Waals surface area contributed by atoms with E-state index >= 15 is 0 Å². The highest BCUT2D eigenvalue weighted by Gasteiger charge is 2.40. The van der Waals surface area contributed by atoms with Crippen molar-refractivity contribution in [3.8, 4) is 23.3 Å². The van der Waals surface area contributed by atoms with Gasteiger partial charge in [0.25, 0.3) is 5.91 Å². The Bertz CT molecular complexity index is 999. The van der Waals surface area contributed by atoms with Crippen LogP contribution < -0.4 is 14.2 Å². The van der Waals surface area contributed by atoms with Crippen LogP contribution in [0.15, 0.2) is 36.4 Å². The molecule has 0 bridgehead atoms. The van der Waals surface area contributed by atoms with Gasteiger partial charge in [0.05, 0.1) is 25.8 Å². The Labute approximate surface area is 181 Å². The molecule has 0 radical (unpaired) electrons. The molecule has 1 aliphatic rings. The predicted octanol–water partition coefficient (Wildman–Crippen LogP) is 4.45. The third-order valence-electron chi connectivity index (χ3n) is 4.67. The van der Waals surface area contributed by atoms with Crippen molar-refractivity contribution in [3.63, 3.8) is 0 Å². The number of ether oxygens (including phenoxy) is 3. The smallest absolute Gasteiger partial charge is 0.425 e. The number of halogens is 4. The van der Waals surface area contributed by atoms with Gasteiger partial charge >= 0.3 is 6.18 Å². The fourth-order valence-electron chi connectivity index (χ4n) is 2.96. The van der Waals surface area contributed by atoms with Crippen molar-refractivity contribution in [3.05, 3.63) is 52.5 Å². The van der Waals surface area contributed by atoms with E-state index in [1.807, 2.05) is 6.07 Å². The molecule has 1 atom stereocenters. The van der Waals surface area contributed by atoms with Crippen LogP contribution in [0.5, 0.6) is 17.2 Å². The van der Waals surface area contributed by atoms with Gasteiger partial charge in [0.2, 0.25) is 0 Å². The summed E-state index contributed by atoms with van der Waals surface area (Å²) < 4.78 is 54.9. The molecule has 10 heteroatoms. The molecule has 1 fully saturated rings. The van der Waals surface area contributed by atoms with E-state index < -0.39 is 18.2 Å². The molecule has 31 heavy (non-hydrogen) atoms. The number of rotatable bonds is 6. The van der Waals surface area contributed by atoms with Crippen LogP contribution in [-0.2, 0) is 0 Å². The average Bonchev–Trinajstić information content (AvgIpc) is 2.70. The van der Waals surface area contributed by atoms with Gasteiger partial charge in [-0.1, -0.05) is 11.6 Å². The number of nitriles is 1. The van der Waals surface area contributed by atoms with Gasteiger partial charge in [-0.2, -0.15) is 18.4 Å². The molecule has 1 heterocycles. The summed E-state index contributed by atoms with van der Waals surface area (Å²) in [5, 5.41) is 9.85. The maximum absolute atomic E-state index is 13.1. The zero-order valence-corrected chi connectivity index (χ0v) is 17.3. The number of nitrogens with zero attached hydrogens (tertiary/aromatic N) is 2. The number of hydrogen-bond acceptors (Lipinski definition) is 5. The number of hydrogen-bond donors (Lipinski definition) is 0. The van der Waals surface area contributed by atoms with Gasteiger partial charge in [-0.25, -0.2) is 0 Å². The number of amides is 1. The first-order valence-corrected chi connectivity index (χ1v) is 9.57. The Morgan fingerprint density at radius 1 is 1.23 bits per heavy atom. The van der Waals surface area contributed by atoms with Crippen molar-refractivity contribution in [2.45, 2.75) is 25.3 Å². The highest BCUT2D eigenvalue weighted by Crippen LogP contribution is 2.36. The summed E-state index contributed by atoms with van der Waals surface area (Å²) in [4.78, 5) is 14.5. The molecule has 0 N–H and O–H groups in total. The molecular formula is C21H18ClF3N2O4. The van der Waals surface area contributed by atoms with Gasteiger partial charge < -0.3 is 19.1 Å². The highest BCUT2D eigenvalue weighted by molar-refractivity contribution is 6.30. The van der Waals surface area contributed by atoms with E-state index in [-0.39, 0.29) is 41.8 Å². The van der Waals surface area contributed by atoms with Crippen LogP contribution in [0.4, 0.5) is 13.2 Å². The van der Waals surface area contributed by atoms with Gasteiger partial charge in [-0.3, -0.25) is 4.79 Å². The van der Waals surface area contributed by atoms with Crippen LogP contribution >= 0.6 is 11.6 Å². The molecule has 1 amide bonds. The van der Waals surface area contributed by atoms with Crippen LogP contribution in [0.3, 0.4) is 0 Å². The summed E-state index contributed by atoms with van der Waals surface area (Å²) >= 11 is 5.84. The molecule has 2 aromatic rings. The lowest BCUT2D eigenvalue weighted by atomic mass is 10.0. The molecule has 2 aromatic carbocycles. The maximum atomic E-state index is 13.1. The third kappa shape index (κ3) is 4.97. The van der Waals surface area contributed by atoms with Gasteiger partial charge in [0, 0.05) is 5.02 Å². The van der Waals surface area contributed by atoms with Crippen molar-refractivity contribution in [2.75, 3.05) is 20.2 Å². The van der Waals surface area contributed by atoms with E-state index in [4.69, 9.17) is 25.8 Å². The van der Waals surface area contributed by atoms with Crippen LogP contribution in [0.1, 0.15) is 22.8 Å². The predicted molar refractivity (Wildman–Crippen MR) is 106 cm³/mol. The Morgan fingerprint density at radius 2 is 1.87 bits per heavy atom. The van der Waals surface area contributed by atoms with Crippen molar-refractivity contribution < 1.29 is 32.2 Å². The highest BCUT2D eigenvalue weighted by atomic mass is 35.5. The first-order chi connectivity index (χ1) is 14.6. The lowest BCUT2D eigenvalue weighted by molar-refractivity contribution is -0.189. The quantitative estimate of drug-likeness (QED) is 0.644. The molecule has 1 aliphatic heterocycles. The molecule has 3 rings (SSSR count). The van der Waals surface area contributed by atoms with E-state index in [0.29, 0.717) is 10.8 Å². The first-order valence-electron chi connectivity index (χ1n) is 9.20. The van der Waals surface area contributed by atoms with Gasteiger partial charge in [0.15, 0.2) is 11.9 Å². The number of methoxy groups -OCH3 is 1. The number of alkyl halides is 3. The molecule has 1 unspecified atom stereocenters. The van der Waals surface area contributed by atoms with E-state index in [1.165, 1.54) is 18.1 Å². The van der Waals surface area contributed by atoms with E-state index in [0.717, 1.165) is 13.0 Å². The number of carbonyl (C=O) groups is 1. The van der Waals surface area contributed by atoms with Crippen LogP contribution in [0.2, 0.25) is 5.02 Å². The van der Waals surface area contributed by atoms with E-state index in [2.05, 4.69) is 0 Å². The fourth-order valence-corrected chi connectivity index (χ4v) is 3.09. The van der Waals surface area contributed by atoms with Crippen molar-refractivity contribution >= 4 is 17.5 Å². The van der Waals surface area contributed by atoms with Crippen molar-refractivity contribution in [1.82, 2.24) is 4.90 Å². The fraction of sp³-hybridized carbons (Fsp3) is 0.333. The molecule has 0 saturated carbocycles. The minimum Gasteiger partial charge on any atom is -0.494 e. The minimum absolute atomic E-state index is 0.00681. The minimum atomic E-state index is -4.63. The maximum Gasteiger partial charge on any atom is 0.425 e. The second kappa shape index (κ2) is 8.94. The monoisotopic (exact) mass is 454 g/mol. The third-order valence-corrected chi connectivity index (χ3v) is 4.93. The van der Waals surface area contributed by atoms with Crippen molar-refractivity contribution in [1.29, 1.82) is 5.26 Å². The Hall–Kier alpha value is -3.12. The topological polar surface area (TPSA) is 71.8 Å². The first kappa shape index (κ1) is 22.6. The number of benzene rings is 2. The Morgan fingerprint density at radius 3 is 2.42 bits per heavy atom. The number of carbonyl (C=O) groups excluding carboxylic acids is 1. The zero-order valence-electron chi connectivity index (χ0n) is 16.6. The molecule has 164 valence electrons. The van der Waals surface area contributed by atoms with Gasteiger partial charge in [-0.05, 0) is 43.3 Å². The summed E-state index contributed by atoms with van der Waals surface area (Å²) in [5.41, 5.74) is -0.227. The number of likely N-dealkylation sites (tertiary alicyclic amines) is 1. The zero-order chi connectivity index (χ0) is 22.8. The van der Waals surface area contributed by atoms with Crippen molar-refractivity contribution in [2.24, 2.45) is 0 Å². The molecule has 1 saturated heterocycles. The van der Waals surface area contributed by atoms with Gasteiger partial charge in [-0.15, -0.1) is 0 Å². The molecular weight excluding hydrogens is 437 g/mol. The lowest BCUT2D eigenvalue weighted by Crippen LogP contribution is -2.56. The second-order valence-electron chi connectivity index (χ2n) is 6.84. The largest absolute Gasteiger partial charge is 0.494 e. The molecule has 0 aliphatic carbocycles.